The third-order valence-electron chi connectivity index (χ3n) is 6.91. The Morgan fingerprint density at radius 3 is 1.76 bits per heavy atom. The molecule has 4 heterocycles. The van der Waals surface area contributed by atoms with Gasteiger partial charge in [0, 0.05) is 41.2 Å². The van der Waals surface area contributed by atoms with Gasteiger partial charge in [0.15, 0.2) is 0 Å². The largest absolute Gasteiger partial charge is 0.342 e. The minimum absolute atomic E-state index is 0.0571. The number of piperidine rings is 2. The lowest BCUT2D eigenvalue weighted by Gasteiger charge is -2.34. The van der Waals surface area contributed by atoms with E-state index in [2.05, 4.69) is 82.9 Å². The lowest BCUT2D eigenvalue weighted by Crippen LogP contribution is -2.57. The molecule has 0 radical (unpaired) electrons. The van der Waals surface area contributed by atoms with Crippen molar-refractivity contribution in [2.75, 3.05) is 0 Å². The molecule has 2 fully saturated rings. The number of rotatable bonds is 3. The zero-order valence-electron chi connectivity index (χ0n) is 30.3. The summed E-state index contributed by atoms with van der Waals surface area (Å²) >= 11 is 0. The Morgan fingerprint density at radius 1 is 0.760 bits per heavy atom. The van der Waals surface area contributed by atoms with Gasteiger partial charge in [0.1, 0.15) is 11.7 Å². The van der Waals surface area contributed by atoms with Crippen molar-refractivity contribution in [1.82, 2.24) is 25.8 Å². The van der Waals surface area contributed by atoms with Crippen molar-refractivity contribution in [1.29, 1.82) is 0 Å². The molecule has 50 heavy (non-hydrogen) atoms. The number of aromatic nitrogens is 1. The van der Waals surface area contributed by atoms with E-state index in [-0.39, 0.29) is 36.6 Å². The van der Waals surface area contributed by atoms with Gasteiger partial charge in [-0.2, -0.15) is 0 Å². The van der Waals surface area contributed by atoms with Crippen LogP contribution in [0.2, 0.25) is 0 Å². The zero-order valence-corrected chi connectivity index (χ0v) is 30.3. The number of imide groups is 2. The summed E-state index contributed by atoms with van der Waals surface area (Å²) in [6, 6.07) is 14.4. The van der Waals surface area contributed by atoms with E-state index in [0.717, 1.165) is 10.3 Å². The highest BCUT2D eigenvalue weighted by Crippen LogP contribution is 2.32. The molecule has 3 aromatic rings. The summed E-state index contributed by atoms with van der Waals surface area (Å²) in [7, 11) is 0. The van der Waals surface area contributed by atoms with Crippen molar-refractivity contribution in [3.05, 3.63) is 89.9 Å². The number of nitrogens with one attached hydrogen (secondary N) is 3. The molecular formula is C39H49N5O6. The summed E-state index contributed by atoms with van der Waals surface area (Å²) in [5.41, 5.74) is 2.70. The Bertz CT molecular complexity index is 1700. The van der Waals surface area contributed by atoms with Crippen molar-refractivity contribution in [3.63, 3.8) is 0 Å². The first kappa shape index (κ1) is 39.3. The first-order chi connectivity index (χ1) is 23.2. The number of amides is 6. The lowest BCUT2D eigenvalue weighted by molar-refractivity contribution is -0.136. The maximum Gasteiger partial charge on any atom is 0.270 e. The topological polar surface area (TPSA) is 155 Å². The van der Waals surface area contributed by atoms with E-state index in [1.54, 1.807) is 48.7 Å². The second-order valence-electron chi connectivity index (χ2n) is 15.5. The molecule has 6 rings (SSSR count). The number of benzene rings is 2. The summed E-state index contributed by atoms with van der Waals surface area (Å²) < 4.78 is 0. The highest BCUT2D eigenvalue weighted by molar-refractivity contribution is 6.26. The second kappa shape index (κ2) is 16.5. The standard InChI is InChI=1S/C17H12N2O4.C12H13N3O2.2C5H12/c20-13-8-7-12(15(21)18-13)19-16(22)10-5-1-3-9-4-2-6-11(14(9)10)17(19)23;1-8-9(5-6-11(16)14-8)15-12(17)10-4-2-3-7-13-10;2*1-5(2,3)4/h1-6,12H,7-8H2,(H,18,20,21);2-4,7,9H,1,5-6H2,(H,14,16)(H,15,17);2*1-4H3. The van der Waals surface area contributed by atoms with Crippen LogP contribution in [0.3, 0.4) is 0 Å². The number of hydrogen-bond acceptors (Lipinski definition) is 7. The highest BCUT2D eigenvalue weighted by atomic mass is 16.2. The van der Waals surface area contributed by atoms with Crippen LogP contribution in [0.4, 0.5) is 0 Å². The van der Waals surface area contributed by atoms with Crippen LogP contribution in [0.5, 0.6) is 0 Å². The molecule has 2 unspecified atom stereocenters. The van der Waals surface area contributed by atoms with Gasteiger partial charge in [0.2, 0.25) is 17.7 Å². The Hall–Kier alpha value is -5.19. The molecule has 0 saturated carbocycles. The summed E-state index contributed by atoms with van der Waals surface area (Å²) in [6.45, 7) is 21.2. The van der Waals surface area contributed by atoms with Crippen molar-refractivity contribution < 1.29 is 28.8 Å². The third-order valence-corrected chi connectivity index (χ3v) is 6.91. The SMILES string of the molecule is C=C1NC(=O)CCC1NC(=O)c1ccccn1.CC(C)(C)C.CC(C)(C)C.O=C1CCC(N2C(=O)c3cccc4cccc(c34)C2=O)C(=O)N1. The molecule has 2 aromatic carbocycles. The number of carbonyl (C=O) groups is 6. The van der Waals surface area contributed by atoms with E-state index in [1.165, 1.54) is 0 Å². The van der Waals surface area contributed by atoms with Crippen molar-refractivity contribution in [2.45, 2.75) is 93.2 Å². The van der Waals surface area contributed by atoms with Gasteiger partial charge >= 0.3 is 0 Å². The zero-order chi connectivity index (χ0) is 37.4. The van der Waals surface area contributed by atoms with Crippen LogP contribution in [-0.2, 0) is 14.4 Å². The van der Waals surface area contributed by atoms with E-state index in [4.69, 9.17) is 0 Å². The van der Waals surface area contributed by atoms with E-state index in [0.29, 0.717) is 51.6 Å². The van der Waals surface area contributed by atoms with Crippen LogP contribution in [0.15, 0.2) is 73.1 Å². The summed E-state index contributed by atoms with van der Waals surface area (Å²) in [6.07, 6.45) is 2.79. The first-order valence-corrected chi connectivity index (χ1v) is 16.7. The molecule has 266 valence electrons. The molecule has 1 aromatic heterocycles. The molecule has 3 aliphatic rings. The number of carbonyl (C=O) groups excluding carboxylic acids is 6. The number of nitrogens with zero attached hydrogens (tertiary/aromatic N) is 2. The molecule has 11 heteroatoms. The van der Waals surface area contributed by atoms with Crippen molar-refractivity contribution in [2.24, 2.45) is 10.8 Å². The summed E-state index contributed by atoms with van der Waals surface area (Å²) in [4.78, 5) is 76.8. The maximum absolute atomic E-state index is 12.8. The predicted molar refractivity (Wildman–Crippen MR) is 193 cm³/mol. The van der Waals surface area contributed by atoms with Crippen LogP contribution >= 0.6 is 0 Å². The molecule has 2 atom stereocenters. The molecule has 6 amide bonds. The molecule has 0 bridgehead atoms. The smallest absolute Gasteiger partial charge is 0.270 e. The van der Waals surface area contributed by atoms with Crippen LogP contribution < -0.4 is 16.0 Å². The predicted octanol–water partition coefficient (Wildman–Crippen LogP) is 5.95. The summed E-state index contributed by atoms with van der Waals surface area (Å²) in [5, 5.41) is 9.03. The van der Waals surface area contributed by atoms with E-state index < -0.39 is 23.8 Å². The average molecular weight is 684 g/mol. The number of pyridine rings is 1. The van der Waals surface area contributed by atoms with Gasteiger partial charge in [0.05, 0.1) is 6.04 Å². The quantitative estimate of drug-likeness (QED) is 0.288. The molecule has 2 saturated heterocycles. The molecule has 3 aliphatic heterocycles. The van der Waals surface area contributed by atoms with Gasteiger partial charge < -0.3 is 10.6 Å². The maximum atomic E-state index is 12.8. The van der Waals surface area contributed by atoms with Gasteiger partial charge in [-0.05, 0) is 53.3 Å². The van der Waals surface area contributed by atoms with Gasteiger partial charge in [-0.15, -0.1) is 0 Å². The molecule has 0 spiro atoms. The minimum atomic E-state index is -0.948. The lowest BCUT2D eigenvalue weighted by atomic mass is 9.92. The van der Waals surface area contributed by atoms with Gasteiger partial charge in [-0.3, -0.25) is 44.0 Å². The minimum Gasteiger partial charge on any atom is -0.342 e. The first-order valence-electron chi connectivity index (χ1n) is 16.7. The van der Waals surface area contributed by atoms with Crippen molar-refractivity contribution >= 4 is 46.2 Å². The summed E-state index contributed by atoms with van der Waals surface area (Å²) in [5.74, 6) is -2.28. The fourth-order valence-corrected chi connectivity index (χ4v) is 4.93. The van der Waals surface area contributed by atoms with Crippen molar-refractivity contribution in [3.8, 4) is 0 Å². The van der Waals surface area contributed by atoms with Crippen LogP contribution in [0, 0.1) is 10.8 Å². The fourth-order valence-electron chi connectivity index (χ4n) is 4.93. The monoisotopic (exact) mass is 683 g/mol. The highest BCUT2D eigenvalue weighted by Gasteiger charge is 2.42. The Labute approximate surface area is 294 Å². The van der Waals surface area contributed by atoms with E-state index in [1.807, 2.05) is 12.1 Å². The molecule has 3 N–H and O–H groups in total. The Morgan fingerprint density at radius 2 is 1.28 bits per heavy atom. The molecule has 0 aliphatic carbocycles. The van der Waals surface area contributed by atoms with E-state index >= 15 is 0 Å². The molecule has 11 nitrogen and oxygen atoms in total. The van der Waals surface area contributed by atoms with Gasteiger partial charge in [-0.25, -0.2) is 0 Å². The number of hydrogen-bond donors (Lipinski definition) is 3. The van der Waals surface area contributed by atoms with Crippen LogP contribution in [0.1, 0.15) is 112 Å². The van der Waals surface area contributed by atoms with Gasteiger partial charge in [0.25, 0.3) is 17.7 Å². The Kier molecular flexibility index (Phi) is 12.9. The molecular weight excluding hydrogens is 634 g/mol. The fraction of sp³-hybridized carbons (Fsp3) is 0.410. The second-order valence-corrected chi connectivity index (χ2v) is 15.5. The van der Waals surface area contributed by atoms with Gasteiger partial charge in [-0.1, -0.05) is 92.3 Å². The van der Waals surface area contributed by atoms with Crippen LogP contribution in [0.25, 0.3) is 10.8 Å². The average Bonchev–Trinajstić information content (AvgIpc) is 3.01. The normalized spacial score (nSPS) is 18.7. The van der Waals surface area contributed by atoms with E-state index in [9.17, 15) is 28.8 Å². The Balaban J connectivity index is 0.000000219. The third kappa shape index (κ3) is 11.5. The van der Waals surface area contributed by atoms with Crippen LogP contribution in [-0.4, -0.2) is 57.4 Å².